The van der Waals surface area contributed by atoms with Crippen molar-refractivity contribution in [1.29, 1.82) is 0 Å². The summed E-state index contributed by atoms with van der Waals surface area (Å²) in [5, 5.41) is 3.40. The van der Waals surface area contributed by atoms with Crippen molar-refractivity contribution in [1.82, 2.24) is 10.3 Å². The van der Waals surface area contributed by atoms with Gasteiger partial charge in [-0.2, -0.15) is 0 Å². The summed E-state index contributed by atoms with van der Waals surface area (Å²) in [4.78, 5) is 6.83. The van der Waals surface area contributed by atoms with Crippen LogP contribution in [0.2, 0.25) is 0 Å². The van der Waals surface area contributed by atoms with Crippen molar-refractivity contribution in [2.24, 2.45) is 5.92 Å². The summed E-state index contributed by atoms with van der Waals surface area (Å²) >= 11 is 0. The largest absolute Gasteiger partial charge is 0.368 e. The van der Waals surface area contributed by atoms with E-state index in [1.807, 2.05) is 12.4 Å². The van der Waals surface area contributed by atoms with Crippen LogP contribution in [0.15, 0.2) is 18.5 Å². The fraction of sp³-hybridized carbons (Fsp3) is 0.667. The summed E-state index contributed by atoms with van der Waals surface area (Å²) in [6, 6.07) is 2.81. The molecule has 2 heterocycles. The molecule has 1 aliphatic heterocycles. The third-order valence-electron chi connectivity index (χ3n) is 3.87. The van der Waals surface area contributed by atoms with Gasteiger partial charge in [0.2, 0.25) is 0 Å². The Hall–Kier alpha value is -1.09. The van der Waals surface area contributed by atoms with E-state index >= 15 is 0 Å². The smallest absolute Gasteiger partial charge is 0.0445 e. The topological polar surface area (TPSA) is 28.2 Å². The second-order valence-corrected chi connectivity index (χ2v) is 5.47. The normalized spacial score (nSPS) is 24.3. The molecule has 1 aromatic heterocycles. The first-order valence-electron chi connectivity index (χ1n) is 7.12. The third-order valence-corrected chi connectivity index (χ3v) is 3.87. The summed E-state index contributed by atoms with van der Waals surface area (Å²) in [6.45, 7) is 9.91. The molecular weight excluding hydrogens is 222 g/mol. The van der Waals surface area contributed by atoms with Crippen LogP contribution in [-0.2, 0) is 6.54 Å². The minimum Gasteiger partial charge on any atom is -0.368 e. The molecule has 100 valence electrons. The lowest BCUT2D eigenvalue weighted by molar-refractivity contribution is 0.389. The van der Waals surface area contributed by atoms with Crippen molar-refractivity contribution >= 4 is 5.69 Å². The number of hydrogen-bond donors (Lipinski definition) is 1. The minimum atomic E-state index is 0.643. The molecule has 1 fully saturated rings. The molecular formula is C15H25N3. The van der Waals surface area contributed by atoms with Crippen molar-refractivity contribution < 1.29 is 0 Å². The lowest BCUT2D eigenvalue weighted by Gasteiger charge is -2.39. The first kappa shape index (κ1) is 13.3. The maximum Gasteiger partial charge on any atom is 0.0445 e. The number of aromatic nitrogens is 1. The van der Waals surface area contributed by atoms with Crippen LogP contribution in [-0.4, -0.2) is 24.1 Å². The molecule has 3 nitrogen and oxygen atoms in total. The minimum absolute atomic E-state index is 0.643. The molecule has 0 spiro atoms. The van der Waals surface area contributed by atoms with E-state index in [1.165, 1.54) is 30.6 Å². The van der Waals surface area contributed by atoms with E-state index in [-0.39, 0.29) is 0 Å². The van der Waals surface area contributed by atoms with Crippen LogP contribution < -0.4 is 10.2 Å². The first-order valence-corrected chi connectivity index (χ1v) is 7.12. The quantitative estimate of drug-likeness (QED) is 0.887. The lowest BCUT2D eigenvalue weighted by atomic mass is 9.94. The predicted molar refractivity (Wildman–Crippen MR) is 76.8 cm³/mol. The Morgan fingerprint density at radius 2 is 2.22 bits per heavy atom. The van der Waals surface area contributed by atoms with E-state index in [1.54, 1.807) is 0 Å². The van der Waals surface area contributed by atoms with Gasteiger partial charge in [0.15, 0.2) is 0 Å². The Kier molecular flexibility index (Phi) is 4.59. The standard InChI is InChI=1S/C15H25N3/c1-4-16-9-14-10-17-8-7-15(14)18-11-12(2)5-6-13(18)3/h7-8,10,12-13,16H,4-6,9,11H2,1-3H3. The highest BCUT2D eigenvalue weighted by Crippen LogP contribution is 2.29. The maximum atomic E-state index is 4.27. The monoisotopic (exact) mass is 247 g/mol. The van der Waals surface area contributed by atoms with Crippen LogP contribution in [0.3, 0.4) is 0 Å². The van der Waals surface area contributed by atoms with Gasteiger partial charge < -0.3 is 10.2 Å². The fourth-order valence-corrected chi connectivity index (χ4v) is 2.72. The summed E-state index contributed by atoms with van der Waals surface area (Å²) < 4.78 is 0. The number of pyridine rings is 1. The molecule has 0 saturated carbocycles. The van der Waals surface area contributed by atoms with Crippen LogP contribution in [0.4, 0.5) is 5.69 Å². The van der Waals surface area contributed by atoms with Crippen LogP contribution in [0.25, 0.3) is 0 Å². The average molecular weight is 247 g/mol. The Morgan fingerprint density at radius 3 is 3.00 bits per heavy atom. The Morgan fingerprint density at radius 1 is 1.39 bits per heavy atom. The Labute approximate surface area is 111 Å². The van der Waals surface area contributed by atoms with Gasteiger partial charge in [-0.1, -0.05) is 13.8 Å². The molecule has 3 heteroatoms. The average Bonchev–Trinajstić information content (AvgIpc) is 2.39. The molecule has 2 rings (SSSR count). The predicted octanol–water partition coefficient (Wildman–Crippen LogP) is 2.82. The van der Waals surface area contributed by atoms with Gasteiger partial charge in [0.1, 0.15) is 0 Å². The molecule has 0 aromatic carbocycles. The molecule has 0 bridgehead atoms. The van der Waals surface area contributed by atoms with Crippen molar-refractivity contribution in [2.45, 2.75) is 46.2 Å². The van der Waals surface area contributed by atoms with Gasteiger partial charge >= 0.3 is 0 Å². The SMILES string of the molecule is CCNCc1cnccc1N1CC(C)CCC1C. The van der Waals surface area contributed by atoms with Crippen molar-refractivity contribution in [2.75, 3.05) is 18.0 Å². The van der Waals surface area contributed by atoms with Gasteiger partial charge in [-0.25, -0.2) is 0 Å². The zero-order chi connectivity index (χ0) is 13.0. The molecule has 2 atom stereocenters. The highest BCUT2D eigenvalue weighted by Gasteiger charge is 2.24. The third kappa shape index (κ3) is 3.02. The Bertz CT molecular complexity index is 378. The molecule has 1 aromatic rings. The van der Waals surface area contributed by atoms with Crippen LogP contribution in [0.5, 0.6) is 0 Å². The maximum absolute atomic E-state index is 4.27. The van der Waals surface area contributed by atoms with Crippen LogP contribution >= 0.6 is 0 Å². The second-order valence-electron chi connectivity index (χ2n) is 5.47. The van der Waals surface area contributed by atoms with E-state index in [4.69, 9.17) is 0 Å². The van der Waals surface area contributed by atoms with Gasteiger partial charge in [-0.15, -0.1) is 0 Å². The van der Waals surface area contributed by atoms with Gasteiger partial charge in [-0.05, 0) is 38.3 Å². The molecule has 1 aliphatic rings. The van der Waals surface area contributed by atoms with Crippen molar-refractivity contribution in [3.8, 4) is 0 Å². The van der Waals surface area contributed by atoms with E-state index in [2.05, 4.69) is 42.0 Å². The first-order chi connectivity index (χ1) is 8.72. The number of nitrogens with zero attached hydrogens (tertiary/aromatic N) is 2. The molecule has 0 amide bonds. The lowest BCUT2D eigenvalue weighted by Crippen LogP contribution is -2.41. The number of anilines is 1. The van der Waals surface area contributed by atoms with E-state index in [0.717, 1.165) is 19.0 Å². The Balaban J connectivity index is 2.19. The molecule has 1 saturated heterocycles. The zero-order valence-corrected chi connectivity index (χ0v) is 11.8. The highest BCUT2D eigenvalue weighted by molar-refractivity contribution is 5.53. The summed E-state index contributed by atoms with van der Waals surface area (Å²) in [6.07, 6.45) is 6.57. The number of rotatable bonds is 4. The van der Waals surface area contributed by atoms with Crippen LogP contribution in [0, 0.1) is 5.92 Å². The van der Waals surface area contributed by atoms with Gasteiger partial charge in [0.05, 0.1) is 0 Å². The molecule has 0 aliphatic carbocycles. The zero-order valence-electron chi connectivity index (χ0n) is 11.8. The van der Waals surface area contributed by atoms with Crippen LogP contribution in [0.1, 0.15) is 39.2 Å². The molecule has 0 radical (unpaired) electrons. The molecule has 2 unspecified atom stereocenters. The van der Waals surface area contributed by atoms with Gasteiger partial charge in [0, 0.05) is 42.8 Å². The summed E-state index contributed by atoms with van der Waals surface area (Å²) in [7, 11) is 0. The van der Waals surface area contributed by atoms with Crippen molar-refractivity contribution in [3.05, 3.63) is 24.0 Å². The molecule has 1 N–H and O–H groups in total. The van der Waals surface area contributed by atoms with Crippen molar-refractivity contribution in [3.63, 3.8) is 0 Å². The number of piperidine rings is 1. The summed E-state index contributed by atoms with van der Waals surface area (Å²) in [5.74, 6) is 0.793. The van der Waals surface area contributed by atoms with E-state index in [0.29, 0.717) is 6.04 Å². The number of hydrogen-bond acceptors (Lipinski definition) is 3. The second kappa shape index (κ2) is 6.19. The highest BCUT2D eigenvalue weighted by atomic mass is 15.2. The molecule has 18 heavy (non-hydrogen) atoms. The van der Waals surface area contributed by atoms with E-state index in [9.17, 15) is 0 Å². The summed E-state index contributed by atoms with van der Waals surface area (Å²) in [5.41, 5.74) is 2.69. The van der Waals surface area contributed by atoms with Gasteiger partial charge in [-0.3, -0.25) is 4.98 Å². The number of nitrogens with one attached hydrogen (secondary N) is 1. The van der Waals surface area contributed by atoms with E-state index < -0.39 is 0 Å². The fourth-order valence-electron chi connectivity index (χ4n) is 2.72. The van der Waals surface area contributed by atoms with Gasteiger partial charge in [0.25, 0.3) is 0 Å².